The first-order chi connectivity index (χ1) is 27.5. The summed E-state index contributed by atoms with van der Waals surface area (Å²) in [5.41, 5.74) is 15.9. The topological polar surface area (TPSA) is 52.5 Å². The summed E-state index contributed by atoms with van der Waals surface area (Å²) >= 11 is 0. The Balaban J connectivity index is 1.35. The molecule has 8 aromatic carbocycles. The van der Waals surface area contributed by atoms with E-state index >= 15 is 0 Å². The molecular weight excluding hydrogens is 679 g/mol. The Morgan fingerprint density at radius 2 is 0.964 bits per heavy atom. The molecule has 3 nitrogen and oxygen atoms in total. The Labute approximate surface area is 326 Å². The van der Waals surface area contributed by atoms with Gasteiger partial charge in [-0.3, -0.25) is 0 Å². The maximum atomic E-state index is 11.6. The molecule has 0 saturated heterocycles. The summed E-state index contributed by atoms with van der Waals surface area (Å²) in [6.45, 7) is 4.50. The number of aromatic nitrogens is 1. The highest BCUT2D eigenvalue weighted by Crippen LogP contribution is 2.54. The van der Waals surface area contributed by atoms with E-state index in [1.165, 1.54) is 11.1 Å². The summed E-state index contributed by atoms with van der Waals surface area (Å²) in [6, 6.07) is 66.5. The van der Waals surface area contributed by atoms with Gasteiger partial charge in [0.05, 0.1) is 33.9 Å². The monoisotopic (exact) mass is 713 g/mol. The molecule has 0 unspecified atom stereocenters. The molecule has 1 aromatic heterocycles. The van der Waals surface area contributed by atoms with E-state index in [9.17, 15) is 10.5 Å². The highest BCUT2D eigenvalue weighted by Gasteiger charge is 2.38. The van der Waals surface area contributed by atoms with Gasteiger partial charge in [0, 0.05) is 27.3 Å². The predicted molar refractivity (Wildman–Crippen MR) is 230 cm³/mol. The smallest absolute Gasteiger partial charge is 0.102 e. The fourth-order valence-corrected chi connectivity index (χ4v) is 9.16. The number of hydrogen-bond donors (Lipinski definition) is 0. The summed E-state index contributed by atoms with van der Waals surface area (Å²) in [5, 5.41) is 24.7. The van der Waals surface area contributed by atoms with E-state index in [4.69, 9.17) is 0 Å². The summed E-state index contributed by atoms with van der Waals surface area (Å²) in [5.74, 6) is 0. The van der Waals surface area contributed by atoms with Crippen molar-refractivity contribution in [2.45, 2.75) is 19.3 Å². The first kappa shape index (κ1) is 33.1. The maximum absolute atomic E-state index is 11.6. The minimum atomic E-state index is -0.352. The van der Waals surface area contributed by atoms with Crippen molar-refractivity contribution < 1.29 is 0 Å². The molecule has 0 spiro atoms. The van der Waals surface area contributed by atoms with Gasteiger partial charge in [0.15, 0.2) is 0 Å². The molecule has 262 valence electrons. The van der Waals surface area contributed by atoms with Crippen LogP contribution in [0, 0.1) is 22.7 Å². The SMILES string of the molecule is CC1(C)c2ccccc2-c2cccc(-c3c(C#N)cc(-c4ccccc4)c(-n4c5ccc(-c6ccccc6)cc5c5cc(-c6ccccc6)ccc54)c3C#N)c21. The van der Waals surface area contributed by atoms with Crippen molar-refractivity contribution in [1.29, 1.82) is 10.5 Å². The molecule has 1 heterocycles. The van der Waals surface area contributed by atoms with Crippen molar-refractivity contribution >= 4 is 21.8 Å². The Morgan fingerprint density at radius 3 is 1.54 bits per heavy atom. The van der Waals surface area contributed by atoms with Crippen molar-refractivity contribution in [3.63, 3.8) is 0 Å². The van der Waals surface area contributed by atoms with Gasteiger partial charge in [-0.05, 0) is 86.0 Å². The van der Waals surface area contributed by atoms with Gasteiger partial charge in [-0.1, -0.05) is 159 Å². The number of fused-ring (bicyclic) bond motifs is 6. The molecule has 9 aromatic rings. The number of nitrogens with zero attached hydrogens (tertiary/aromatic N) is 3. The third-order valence-corrected chi connectivity index (χ3v) is 11.7. The molecule has 56 heavy (non-hydrogen) atoms. The van der Waals surface area contributed by atoms with Gasteiger partial charge in [-0.2, -0.15) is 10.5 Å². The zero-order valence-corrected chi connectivity index (χ0v) is 31.1. The van der Waals surface area contributed by atoms with Gasteiger partial charge in [0.2, 0.25) is 0 Å². The summed E-state index contributed by atoms with van der Waals surface area (Å²) in [4.78, 5) is 0. The lowest BCUT2D eigenvalue weighted by atomic mass is 9.77. The number of hydrogen-bond acceptors (Lipinski definition) is 2. The van der Waals surface area contributed by atoms with Gasteiger partial charge < -0.3 is 4.57 Å². The van der Waals surface area contributed by atoms with Crippen molar-refractivity contribution in [2.75, 3.05) is 0 Å². The molecule has 10 rings (SSSR count). The molecule has 0 amide bonds. The second kappa shape index (κ2) is 12.8. The van der Waals surface area contributed by atoms with E-state index in [1.54, 1.807) is 0 Å². The maximum Gasteiger partial charge on any atom is 0.102 e. The quantitative estimate of drug-likeness (QED) is 0.178. The van der Waals surface area contributed by atoms with Gasteiger partial charge in [0.1, 0.15) is 6.07 Å². The first-order valence-corrected chi connectivity index (χ1v) is 19.0. The Hall–Kier alpha value is -7.46. The standard InChI is InChI=1S/C53H35N3/c1-53(2)47-24-13-12-21-40(47)41-22-14-23-42(51(41)53)50-39(32-54)31-43(36-19-10-5-11-20-36)52(46(50)33-55)56-48-27-25-37(34-15-6-3-7-16-34)29-44(48)45-30-38(26-28-49(45)56)35-17-8-4-9-18-35/h3-31H,1-2H3. The van der Waals surface area contributed by atoms with Crippen molar-refractivity contribution in [2.24, 2.45) is 0 Å². The van der Waals surface area contributed by atoms with Crippen LogP contribution in [0.3, 0.4) is 0 Å². The van der Waals surface area contributed by atoms with Gasteiger partial charge in [-0.15, -0.1) is 0 Å². The molecule has 0 fully saturated rings. The highest BCUT2D eigenvalue weighted by atomic mass is 15.0. The number of nitriles is 2. The minimum absolute atomic E-state index is 0.352. The predicted octanol–water partition coefficient (Wildman–Crippen LogP) is 13.5. The minimum Gasteiger partial charge on any atom is -0.307 e. The second-order valence-corrected chi connectivity index (χ2v) is 15.1. The van der Waals surface area contributed by atoms with Crippen LogP contribution in [0.25, 0.3) is 83.1 Å². The molecule has 0 saturated carbocycles. The lowest BCUT2D eigenvalue weighted by Crippen LogP contribution is -2.17. The van der Waals surface area contributed by atoms with E-state index < -0.39 is 0 Å². The molecular formula is C53H35N3. The molecule has 0 radical (unpaired) electrons. The zero-order chi connectivity index (χ0) is 38.0. The molecule has 0 N–H and O–H groups in total. The van der Waals surface area contributed by atoms with Gasteiger partial charge in [0.25, 0.3) is 0 Å². The second-order valence-electron chi connectivity index (χ2n) is 15.1. The van der Waals surface area contributed by atoms with Crippen LogP contribution in [0.5, 0.6) is 0 Å². The van der Waals surface area contributed by atoms with Crippen molar-refractivity contribution in [1.82, 2.24) is 4.57 Å². The summed E-state index contributed by atoms with van der Waals surface area (Å²) in [6.07, 6.45) is 0. The molecule has 1 aliphatic carbocycles. The Kier molecular flexibility index (Phi) is 7.60. The molecule has 0 aliphatic heterocycles. The number of benzene rings is 8. The van der Waals surface area contributed by atoms with E-state index in [0.717, 1.165) is 77.6 Å². The van der Waals surface area contributed by atoms with Crippen molar-refractivity contribution in [3.05, 3.63) is 198 Å². The molecule has 0 atom stereocenters. The Morgan fingerprint density at radius 1 is 0.446 bits per heavy atom. The van der Waals surface area contributed by atoms with E-state index in [2.05, 4.69) is 170 Å². The van der Waals surface area contributed by atoms with Crippen LogP contribution in [0.4, 0.5) is 0 Å². The molecule has 0 bridgehead atoms. The third-order valence-electron chi connectivity index (χ3n) is 11.7. The van der Waals surface area contributed by atoms with Crippen LogP contribution in [0.1, 0.15) is 36.1 Å². The highest BCUT2D eigenvalue weighted by molar-refractivity contribution is 6.13. The van der Waals surface area contributed by atoms with Crippen LogP contribution in [0.2, 0.25) is 0 Å². The lowest BCUT2D eigenvalue weighted by molar-refractivity contribution is 0.662. The first-order valence-electron chi connectivity index (χ1n) is 19.0. The average molecular weight is 714 g/mol. The van der Waals surface area contributed by atoms with Crippen molar-refractivity contribution in [3.8, 4) is 73.5 Å². The fourth-order valence-electron chi connectivity index (χ4n) is 9.16. The molecule has 3 heteroatoms. The van der Waals surface area contributed by atoms with Gasteiger partial charge in [-0.25, -0.2) is 0 Å². The lowest BCUT2D eigenvalue weighted by Gasteiger charge is -2.26. The van der Waals surface area contributed by atoms with Gasteiger partial charge >= 0.3 is 0 Å². The van der Waals surface area contributed by atoms with E-state index in [-0.39, 0.29) is 5.41 Å². The van der Waals surface area contributed by atoms with Crippen LogP contribution in [-0.2, 0) is 5.41 Å². The van der Waals surface area contributed by atoms with Crippen LogP contribution >= 0.6 is 0 Å². The number of rotatable bonds is 5. The normalized spacial score (nSPS) is 12.6. The summed E-state index contributed by atoms with van der Waals surface area (Å²) in [7, 11) is 0. The average Bonchev–Trinajstić information content (AvgIpc) is 3.71. The molecule has 1 aliphatic rings. The Bertz CT molecular complexity index is 3010. The third kappa shape index (κ3) is 4.96. The van der Waals surface area contributed by atoms with E-state index in [0.29, 0.717) is 16.7 Å². The van der Waals surface area contributed by atoms with E-state index in [1.807, 2.05) is 36.4 Å². The summed E-state index contributed by atoms with van der Waals surface area (Å²) < 4.78 is 2.27. The van der Waals surface area contributed by atoms with Crippen LogP contribution in [0.15, 0.2) is 176 Å². The van der Waals surface area contributed by atoms with Crippen LogP contribution < -0.4 is 0 Å². The largest absolute Gasteiger partial charge is 0.307 e. The zero-order valence-electron chi connectivity index (χ0n) is 31.1. The van der Waals surface area contributed by atoms with Crippen LogP contribution in [-0.4, -0.2) is 4.57 Å². The fraction of sp³-hybridized carbons (Fsp3) is 0.0566.